The third-order valence-corrected chi connectivity index (χ3v) is 4.34. The molecule has 0 saturated carbocycles. The highest BCUT2D eigenvalue weighted by Gasteiger charge is 2.40. The fourth-order valence-electron chi connectivity index (χ4n) is 3.43. The number of H-pyrrole nitrogens is 1. The summed E-state index contributed by atoms with van der Waals surface area (Å²) in [5.41, 5.74) is 3.16. The van der Waals surface area contributed by atoms with Crippen molar-refractivity contribution in [2.75, 3.05) is 6.61 Å². The van der Waals surface area contributed by atoms with Crippen molar-refractivity contribution in [2.45, 2.75) is 39.3 Å². The molecule has 3 rings (SSSR count). The minimum Gasteiger partial charge on any atom is -0.464 e. The van der Waals surface area contributed by atoms with Crippen LogP contribution in [0.2, 0.25) is 0 Å². The molecule has 0 bridgehead atoms. The first kappa shape index (κ1) is 14.6. The van der Waals surface area contributed by atoms with Crippen molar-refractivity contribution in [3.63, 3.8) is 0 Å². The number of rotatable bonds is 2. The van der Waals surface area contributed by atoms with E-state index in [0.29, 0.717) is 13.0 Å². The number of fused-ring (bicyclic) bond motifs is 3. The van der Waals surface area contributed by atoms with Crippen LogP contribution in [-0.4, -0.2) is 34.4 Å². The number of amides is 1. The van der Waals surface area contributed by atoms with Crippen LogP contribution in [0.1, 0.15) is 38.1 Å². The second-order valence-electron chi connectivity index (χ2n) is 5.64. The van der Waals surface area contributed by atoms with Gasteiger partial charge in [0.15, 0.2) is 0 Å². The maximum atomic E-state index is 12.3. The van der Waals surface area contributed by atoms with Gasteiger partial charge in [-0.2, -0.15) is 0 Å². The van der Waals surface area contributed by atoms with Gasteiger partial charge in [-0.15, -0.1) is 0 Å². The number of ether oxygens (including phenoxy) is 1. The Balaban J connectivity index is 2.11. The summed E-state index contributed by atoms with van der Waals surface area (Å²) in [7, 11) is 0. The van der Waals surface area contributed by atoms with E-state index in [-0.39, 0.29) is 17.9 Å². The standard InChI is InChI=1S/C17H20N2O3/c1-4-22-17(21)15-9-13-12-7-5-6-8-14(12)18-16(13)10(2)19(15)11(3)20/h5-8,10,15,18H,4,9H2,1-3H3/t10-,15-/m0/s1. The Hall–Kier alpha value is -2.30. The molecule has 1 amide bonds. The van der Waals surface area contributed by atoms with E-state index in [2.05, 4.69) is 4.98 Å². The number of carbonyl (C=O) groups excluding carboxylic acids is 2. The van der Waals surface area contributed by atoms with Crippen molar-refractivity contribution in [1.29, 1.82) is 0 Å². The highest BCUT2D eigenvalue weighted by Crippen LogP contribution is 2.37. The van der Waals surface area contributed by atoms with Gasteiger partial charge in [-0.25, -0.2) is 4.79 Å². The molecule has 1 N–H and O–H groups in total. The van der Waals surface area contributed by atoms with Gasteiger partial charge >= 0.3 is 5.97 Å². The molecule has 5 nitrogen and oxygen atoms in total. The maximum absolute atomic E-state index is 12.3. The van der Waals surface area contributed by atoms with Crippen molar-refractivity contribution in [3.8, 4) is 0 Å². The molecule has 1 aliphatic heterocycles. The van der Waals surface area contributed by atoms with Crippen LogP contribution in [0, 0.1) is 0 Å². The molecule has 0 saturated heterocycles. The number of hydrogen-bond acceptors (Lipinski definition) is 3. The molecule has 0 fully saturated rings. The normalized spacial score (nSPS) is 20.8. The second kappa shape index (κ2) is 5.48. The van der Waals surface area contributed by atoms with E-state index < -0.39 is 6.04 Å². The molecule has 1 aromatic heterocycles. The van der Waals surface area contributed by atoms with Gasteiger partial charge in [0.2, 0.25) is 5.91 Å². The van der Waals surface area contributed by atoms with Crippen LogP contribution in [-0.2, 0) is 20.7 Å². The largest absolute Gasteiger partial charge is 0.464 e. The number of hydrogen-bond donors (Lipinski definition) is 1. The average molecular weight is 300 g/mol. The molecule has 0 aliphatic carbocycles. The number of benzene rings is 1. The van der Waals surface area contributed by atoms with E-state index in [4.69, 9.17) is 4.74 Å². The number of nitrogens with one attached hydrogen (secondary N) is 1. The minimum absolute atomic E-state index is 0.116. The predicted molar refractivity (Wildman–Crippen MR) is 83.4 cm³/mol. The number of carbonyl (C=O) groups is 2. The van der Waals surface area contributed by atoms with Gasteiger partial charge in [-0.3, -0.25) is 4.79 Å². The third-order valence-electron chi connectivity index (χ3n) is 4.34. The average Bonchev–Trinajstić information content (AvgIpc) is 2.86. The van der Waals surface area contributed by atoms with Crippen LogP contribution in [0.3, 0.4) is 0 Å². The molecular formula is C17H20N2O3. The topological polar surface area (TPSA) is 62.4 Å². The number of aromatic nitrogens is 1. The smallest absolute Gasteiger partial charge is 0.329 e. The van der Waals surface area contributed by atoms with Crippen LogP contribution in [0.15, 0.2) is 24.3 Å². The zero-order valence-electron chi connectivity index (χ0n) is 13.1. The lowest BCUT2D eigenvalue weighted by Gasteiger charge is -2.38. The molecule has 116 valence electrons. The molecule has 1 aromatic carbocycles. The van der Waals surface area contributed by atoms with Gasteiger partial charge < -0.3 is 14.6 Å². The van der Waals surface area contributed by atoms with Crippen LogP contribution >= 0.6 is 0 Å². The summed E-state index contributed by atoms with van der Waals surface area (Å²) in [5, 5.41) is 1.11. The fraction of sp³-hybridized carbons (Fsp3) is 0.412. The second-order valence-corrected chi connectivity index (χ2v) is 5.64. The van der Waals surface area contributed by atoms with Crippen LogP contribution in [0.4, 0.5) is 0 Å². The van der Waals surface area contributed by atoms with Gasteiger partial charge in [-0.1, -0.05) is 18.2 Å². The fourth-order valence-corrected chi connectivity index (χ4v) is 3.43. The number of nitrogens with zero attached hydrogens (tertiary/aromatic N) is 1. The van der Waals surface area contributed by atoms with E-state index in [1.54, 1.807) is 11.8 Å². The van der Waals surface area contributed by atoms with Gasteiger partial charge in [-0.05, 0) is 25.5 Å². The zero-order valence-corrected chi connectivity index (χ0v) is 13.1. The summed E-state index contributed by atoms with van der Waals surface area (Å²) >= 11 is 0. The van der Waals surface area contributed by atoms with E-state index >= 15 is 0 Å². The molecule has 2 aromatic rings. The summed E-state index contributed by atoms with van der Waals surface area (Å²) in [6.07, 6.45) is 0.488. The first-order valence-electron chi connectivity index (χ1n) is 7.59. The summed E-state index contributed by atoms with van der Waals surface area (Å²) in [6.45, 7) is 5.53. The molecule has 2 atom stereocenters. The van der Waals surface area contributed by atoms with Crippen molar-refractivity contribution in [1.82, 2.24) is 9.88 Å². The number of aromatic amines is 1. The van der Waals surface area contributed by atoms with Crippen LogP contribution in [0.5, 0.6) is 0 Å². The van der Waals surface area contributed by atoms with Crippen molar-refractivity contribution < 1.29 is 14.3 Å². The van der Waals surface area contributed by atoms with Gasteiger partial charge in [0, 0.05) is 29.9 Å². The monoisotopic (exact) mass is 300 g/mol. The van der Waals surface area contributed by atoms with Crippen molar-refractivity contribution >= 4 is 22.8 Å². The van der Waals surface area contributed by atoms with E-state index in [0.717, 1.165) is 22.2 Å². The minimum atomic E-state index is -0.556. The maximum Gasteiger partial charge on any atom is 0.329 e. The van der Waals surface area contributed by atoms with Crippen LogP contribution in [0.25, 0.3) is 10.9 Å². The van der Waals surface area contributed by atoms with Gasteiger partial charge in [0.25, 0.3) is 0 Å². The van der Waals surface area contributed by atoms with Gasteiger partial charge in [0.1, 0.15) is 6.04 Å². The molecule has 0 unspecified atom stereocenters. The van der Waals surface area contributed by atoms with E-state index in [1.165, 1.54) is 6.92 Å². The summed E-state index contributed by atoms with van der Waals surface area (Å²) < 4.78 is 5.17. The van der Waals surface area contributed by atoms with Gasteiger partial charge in [0.05, 0.1) is 12.6 Å². The summed E-state index contributed by atoms with van der Waals surface area (Å²) in [6, 6.07) is 7.28. The number of para-hydroxylation sites is 1. The lowest BCUT2D eigenvalue weighted by molar-refractivity contribution is -0.156. The predicted octanol–water partition coefficient (Wildman–Crippen LogP) is 2.57. The highest BCUT2D eigenvalue weighted by molar-refractivity contribution is 5.89. The Kier molecular flexibility index (Phi) is 3.64. The zero-order chi connectivity index (χ0) is 15.9. The Bertz CT molecular complexity index is 735. The number of esters is 1. The molecule has 1 aliphatic rings. The quantitative estimate of drug-likeness (QED) is 0.867. The molecule has 0 radical (unpaired) electrons. The Morgan fingerprint density at radius 1 is 1.36 bits per heavy atom. The molecule has 0 spiro atoms. The Morgan fingerprint density at radius 2 is 2.09 bits per heavy atom. The molecule has 2 heterocycles. The van der Waals surface area contributed by atoms with E-state index in [1.807, 2.05) is 31.2 Å². The molecular weight excluding hydrogens is 280 g/mol. The van der Waals surface area contributed by atoms with E-state index in [9.17, 15) is 9.59 Å². The Labute approximate surface area is 129 Å². The molecule has 5 heteroatoms. The third kappa shape index (κ3) is 2.17. The first-order valence-corrected chi connectivity index (χ1v) is 7.59. The summed E-state index contributed by atoms with van der Waals surface area (Å²) in [4.78, 5) is 29.4. The highest BCUT2D eigenvalue weighted by atomic mass is 16.5. The van der Waals surface area contributed by atoms with Crippen molar-refractivity contribution in [2.24, 2.45) is 0 Å². The SMILES string of the molecule is CCOC(=O)[C@@H]1Cc2c([nH]c3ccccc23)[C@H](C)N1C(C)=O. The van der Waals surface area contributed by atoms with Crippen LogP contribution < -0.4 is 0 Å². The summed E-state index contributed by atoms with van der Waals surface area (Å²) in [5.74, 6) is -0.449. The lowest BCUT2D eigenvalue weighted by atomic mass is 9.92. The lowest BCUT2D eigenvalue weighted by Crippen LogP contribution is -2.50. The van der Waals surface area contributed by atoms with Crippen molar-refractivity contribution in [3.05, 3.63) is 35.5 Å². The Morgan fingerprint density at radius 3 is 2.77 bits per heavy atom. The molecule has 22 heavy (non-hydrogen) atoms. The first-order chi connectivity index (χ1) is 10.5.